The summed E-state index contributed by atoms with van der Waals surface area (Å²) in [5.41, 5.74) is 5.38. The molecule has 20 heavy (non-hydrogen) atoms. The Labute approximate surface area is 120 Å². The van der Waals surface area contributed by atoms with Gasteiger partial charge in [0.1, 0.15) is 11.6 Å². The lowest BCUT2D eigenvalue weighted by molar-refractivity contribution is -0.129. The van der Waals surface area contributed by atoms with E-state index in [1.807, 2.05) is 7.05 Å². The van der Waals surface area contributed by atoms with Gasteiger partial charge in [-0.25, -0.2) is 8.78 Å². The number of nitrogens with zero attached hydrogens (tertiary/aromatic N) is 2. The molecule has 0 radical (unpaired) electrons. The number of thioether (sulfide) groups is 1. The Kier molecular flexibility index (Phi) is 4.82. The van der Waals surface area contributed by atoms with Gasteiger partial charge in [-0.3, -0.25) is 4.79 Å². The summed E-state index contributed by atoms with van der Waals surface area (Å²) < 4.78 is 27.2. The highest BCUT2D eigenvalue weighted by molar-refractivity contribution is 8.00. The van der Waals surface area contributed by atoms with E-state index in [0.717, 1.165) is 37.0 Å². The largest absolute Gasteiger partial charge is 0.399 e. The summed E-state index contributed by atoms with van der Waals surface area (Å²) in [5.74, 6) is -1.52. The van der Waals surface area contributed by atoms with E-state index < -0.39 is 11.6 Å². The highest BCUT2D eigenvalue weighted by Gasteiger charge is 2.20. The number of hydrogen-bond acceptors (Lipinski definition) is 4. The third kappa shape index (κ3) is 3.61. The number of carbonyl (C=O) groups excluding carboxylic acids is 1. The molecule has 2 rings (SSSR count). The smallest absolute Gasteiger partial charge is 0.233 e. The van der Waals surface area contributed by atoms with Crippen molar-refractivity contribution in [1.29, 1.82) is 0 Å². The van der Waals surface area contributed by atoms with Crippen LogP contribution in [0.4, 0.5) is 14.5 Å². The van der Waals surface area contributed by atoms with Gasteiger partial charge in [0.2, 0.25) is 5.91 Å². The molecule has 1 fully saturated rings. The van der Waals surface area contributed by atoms with Crippen molar-refractivity contribution in [3.8, 4) is 0 Å². The number of halogens is 2. The predicted octanol–water partition coefficient (Wildman–Crippen LogP) is 1.41. The lowest BCUT2D eigenvalue weighted by Crippen LogP contribution is -2.47. The van der Waals surface area contributed by atoms with Crippen molar-refractivity contribution in [1.82, 2.24) is 9.80 Å². The van der Waals surface area contributed by atoms with Crippen LogP contribution < -0.4 is 5.73 Å². The predicted molar refractivity (Wildman–Crippen MR) is 75.6 cm³/mol. The minimum atomic E-state index is -0.723. The first kappa shape index (κ1) is 15.1. The monoisotopic (exact) mass is 301 g/mol. The highest BCUT2D eigenvalue weighted by Crippen LogP contribution is 2.27. The van der Waals surface area contributed by atoms with Crippen LogP contribution in [0.15, 0.2) is 17.0 Å². The number of anilines is 1. The quantitative estimate of drug-likeness (QED) is 0.677. The number of benzene rings is 1. The zero-order chi connectivity index (χ0) is 14.7. The van der Waals surface area contributed by atoms with Gasteiger partial charge in [-0.1, -0.05) is 0 Å². The lowest BCUT2D eigenvalue weighted by Gasteiger charge is -2.32. The van der Waals surface area contributed by atoms with E-state index in [1.165, 1.54) is 0 Å². The summed E-state index contributed by atoms with van der Waals surface area (Å²) in [7, 11) is 2.00. The van der Waals surface area contributed by atoms with Crippen molar-refractivity contribution < 1.29 is 13.6 Å². The van der Waals surface area contributed by atoms with Gasteiger partial charge >= 0.3 is 0 Å². The minimum Gasteiger partial charge on any atom is -0.399 e. The van der Waals surface area contributed by atoms with Crippen LogP contribution in [0.2, 0.25) is 0 Å². The number of amides is 1. The van der Waals surface area contributed by atoms with Crippen LogP contribution in [0, 0.1) is 11.6 Å². The van der Waals surface area contributed by atoms with Crippen molar-refractivity contribution >= 4 is 23.4 Å². The maximum atomic E-state index is 13.6. The highest BCUT2D eigenvalue weighted by atomic mass is 32.2. The molecule has 4 nitrogen and oxygen atoms in total. The first-order valence-corrected chi connectivity index (χ1v) is 7.29. The van der Waals surface area contributed by atoms with Gasteiger partial charge in [-0.15, -0.1) is 11.8 Å². The molecular weight excluding hydrogens is 284 g/mol. The third-order valence-corrected chi connectivity index (χ3v) is 4.29. The Balaban J connectivity index is 1.94. The summed E-state index contributed by atoms with van der Waals surface area (Å²) in [4.78, 5) is 15.7. The molecule has 0 spiro atoms. The molecule has 7 heteroatoms. The molecule has 1 aromatic rings. The molecule has 0 aliphatic carbocycles. The van der Waals surface area contributed by atoms with Crippen LogP contribution in [0.5, 0.6) is 0 Å². The van der Waals surface area contributed by atoms with Crippen LogP contribution in [0.1, 0.15) is 0 Å². The molecule has 110 valence electrons. The van der Waals surface area contributed by atoms with Crippen LogP contribution >= 0.6 is 11.8 Å². The topological polar surface area (TPSA) is 49.6 Å². The van der Waals surface area contributed by atoms with Gasteiger partial charge in [-0.05, 0) is 19.2 Å². The van der Waals surface area contributed by atoms with E-state index in [4.69, 9.17) is 5.73 Å². The molecule has 1 saturated heterocycles. The van der Waals surface area contributed by atoms with Gasteiger partial charge in [0, 0.05) is 31.9 Å². The van der Waals surface area contributed by atoms with Gasteiger partial charge in [0.25, 0.3) is 0 Å². The fourth-order valence-corrected chi connectivity index (χ4v) is 2.84. The maximum absolute atomic E-state index is 13.6. The minimum absolute atomic E-state index is 0.0292. The number of piperazine rings is 1. The zero-order valence-electron chi connectivity index (χ0n) is 11.2. The normalized spacial score (nSPS) is 16.4. The second kappa shape index (κ2) is 6.41. The summed E-state index contributed by atoms with van der Waals surface area (Å²) in [6, 6.07) is 2.12. The SMILES string of the molecule is CN1CCN(C(=O)CSc2c(F)cc(N)cc2F)CC1. The molecule has 1 aliphatic heterocycles. The molecule has 0 aromatic heterocycles. The first-order chi connectivity index (χ1) is 9.47. The van der Waals surface area contributed by atoms with E-state index in [9.17, 15) is 13.6 Å². The summed E-state index contributed by atoms with van der Waals surface area (Å²) in [6.07, 6.45) is 0. The third-order valence-electron chi connectivity index (χ3n) is 3.22. The molecular formula is C13H17F2N3OS. The van der Waals surface area contributed by atoms with Gasteiger partial charge in [0.05, 0.1) is 10.6 Å². The Morgan fingerprint density at radius 3 is 2.35 bits per heavy atom. The standard InChI is InChI=1S/C13H17F2N3OS/c1-17-2-4-18(5-3-17)12(19)8-20-13-10(14)6-9(16)7-11(13)15/h6-7H,2-5,8,16H2,1H3. The zero-order valence-corrected chi connectivity index (χ0v) is 12.1. The average Bonchev–Trinajstić information content (AvgIpc) is 2.38. The van der Waals surface area contributed by atoms with Crippen molar-refractivity contribution in [2.24, 2.45) is 0 Å². The van der Waals surface area contributed by atoms with Gasteiger partial charge in [0.15, 0.2) is 0 Å². The van der Waals surface area contributed by atoms with Crippen LogP contribution in [0.25, 0.3) is 0 Å². The first-order valence-electron chi connectivity index (χ1n) is 6.31. The molecule has 0 unspecified atom stereocenters. The van der Waals surface area contributed by atoms with E-state index in [-0.39, 0.29) is 22.2 Å². The summed E-state index contributed by atoms with van der Waals surface area (Å²) >= 11 is 0.875. The molecule has 2 N–H and O–H groups in total. The Morgan fingerprint density at radius 2 is 1.80 bits per heavy atom. The molecule has 1 amide bonds. The van der Waals surface area contributed by atoms with Gasteiger partial charge in [-0.2, -0.15) is 0 Å². The Morgan fingerprint density at radius 1 is 1.25 bits per heavy atom. The molecule has 1 aliphatic rings. The van der Waals surface area contributed by atoms with Crippen molar-refractivity contribution in [3.63, 3.8) is 0 Å². The molecule has 0 bridgehead atoms. The molecule has 1 heterocycles. The van der Waals surface area contributed by atoms with Crippen molar-refractivity contribution in [2.45, 2.75) is 4.90 Å². The van der Waals surface area contributed by atoms with E-state index in [1.54, 1.807) is 4.90 Å². The van der Waals surface area contributed by atoms with E-state index in [2.05, 4.69) is 4.90 Å². The second-order valence-electron chi connectivity index (χ2n) is 4.79. The summed E-state index contributed by atoms with van der Waals surface area (Å²) in [5, 5.41) is 0. The number of carbonyl (C=O) groups is 1. The van der Waals surface area contributed by atoms with E-state index in [0.29, 0.717) is 13.1 Å². The van der Waals surface area contributed by atoms with Crippen molar-refractivity contribution in [3.05, 3.63) is 23.8 Å². The lowest BCUT2D eigenvalue weighted by atomic mass is 10.3. The van der Waals surface area contributed by atoms with Gasteiger partial charge < -0.3 is 15.5 Å². The Hall–Kier alpha value is -1.34. The Bertz CT molecular complexity index is 481. The molecule has 1 aromatic carbocycles. The number of rotatable bonds is 3. The maximum Gasteiger partial charge on any atom is 0.233 e. The van der Waals surface area contributed by atoms with Crippen LogP contribution in [-0.4, -0.2) is 54.7 Å². The van der Waals surface area contributed by atoms with Crippen LogP contribution in [0.3, 0.4) is 0 Å². The van der Waals surface area contributed by atoms with Crippen molar-refractivity contribution in [2.75, 3.05) is 44.7 Å². The fraction of sp³-hybridized carbons (Fsp3) is 0.462. The molecule has 0 atom stereocenters. The number of likely N-dealkylation sites (N-methyl/N-ethyl adjacent to an activating group) is 1. The second-order valence-corrected chi connectivity index (χ2v) is 5.77. The van der Waals surface area contributed by atoms with Crippen LogP contribution in [-0.2, 0) is 4.79 Å². The average molecular weight is 301 g/mol. The van der Waals surface area contributed by atoms with E-state index >= 15 is 0 Å². The number of nitrogens with two attached hydrogens (primary N) is 1. The summed E-state index contributed by atoms with van der Waals surface area (Å²) in [6.45, 7) is 2.95. The number of hydrogen-bond donors (Lipinski definition) is 1. The molecule has 0 saturated carbocycles. The number of nitrogen functional groups attached to an aromatic ring is 1. The fourth-order valence-electron chi connectivity index (χ4n) is 2.00.